The number of fused-ring (bicyclic) bond motifs is 2. The van der Waals surface area contributed by atoms with Crippen LogP contribution in [0.5, 0.6) is 0 Å². The molecular weight excluding hydrogens is 318 g/mol. The summed E-state index contributed by atoms with van der Waals surface area (Å²) in [6.07, 6.45) is 0. The van der Waals surface area contributed by atoms with Gasteiger partial charge < -0.3 is 15.5 Å². The van der Waals surface area contributed by atoms with Gasteiger partial charge in [-0.25, -0.2) is 4.98 Å². The van der Waals surface area contributed by atoms with E-state index in [-0.39, 0.29) is 0 Å². The molecule has 0 saturated carbocycles. The second-order valence-corrected chi connectivity index (χ2v) is 7.57. The Bertz CT molecular complexity index is 759. The van der Waals surface area contributed by atoms with Crippen LogP contribution in [0.25, 0.3) is 0 Å². The van der Waals surface area contributed by atoms with Gasteiger partial charge in [0.1, 0.15) is 10.7 Å². The normalized spacial score (nSPS) is 17.5. The zero-order valence-electron chi connectivity index (χ0n) is 14.2. The Labute approximate surface area is 146 Å². The van der Waals surface area contributed by atoms with Crippen LogP contribution in [-0.2, 0) is 6.54 Å². The topological polar surface area (TPSA) is 52.6 Å². The van der Waals surface area contributed by atoms with Gasteiger partial charge in [-0.1, -0.05) is 32.0 Å². The quantitative estimate of drug-likeness (QED) is 0.836. The number of hydrogen-bond donors (Lipinski definition) is 2. The highest BCUT2D eigenvalue weighted by Gasteiger charge is 2.25. The van der Waals surface area contributed by atoms with E-state index >= 15 is 0 Å². The second kappa shape index (κ2) is 6.53. The number of aromatic nitrogens is 1. The summed E-state index contributed by atoms with van der Waals surface area (Å²) in [6.45, 7) is 9.04. The predicted octanol–water partition coefficient (Wildman–Crippen LogP) is 3.18. The summed E-state index contributed by atoms with van der Waals surface area (Å²) in [7, 11) is 0. The summed E-state index contributed by atoms with van der Waals surface area (Å²) >= 11 is 1.75. The number of nitrogens with zero attached hydrogens (tertiary/aromatic N) is 3. The zero-order valence-corrected chi connectivity index (χ0v) is 15.0. The van der Waals surface area contributed by atoms with Crippen molar-refractivity contribution in [2.45, 2.75) is 26.3 Å². The van der Waals surface area contributed by atoms with Crippen LogP contribution in [0.2, 0.25) is 0 Å². The lowest BCUT2D eigenvalue weighted by Gasteiger charge is -2.31. The molecule has 0 amide bonds. The Morgan fingerprint density at radius 1 is 1.17 bits per heavy atom. The van der Waals surface area contributed by atoms with E-state index in [2.05, 4.69) is 53.6 Å². The summed E-state index contributed by atoms with van der Waals surface area (Å²) in [5.41, 5.74) is 3.39. The highest BCUT2D eigenvalue weighted by molar-refractivity contribution is 7.16. The molecular formula is C18H23N5S. The van der Waals surface area contributed by atoms with Crippen molar-refractivity contribution in [3.05, 3.63) is 40.5 Å². The van der Waals surface area contributed by atoms with Crippen molar-refractivity contribution in [1.82, 2.24) is 15.2 Å². The van der Waals surface area contributed by atoms with E-state index < -0.39 is 0 Å². The van der Waals surface area contributed by atoms with Crippen LogP contribution in [0.4, 0.5) is 10.7 Å². The first kappa shape index (κ1) is 15.6. The van der Waals surface area contributed by atoms with E-state index in [0.717, 1.165) is 53.4 Å². The number of nitrogens with one attached hydrogen (secondary N) is 2. The molecule has 1 aromatic heterocycles. The lowest BCUT2D eigenvalue weighted by Crippen LogP contribution is -2.47. The molecule has 0 unspecified atom stereocenters. The molecule has 3 heterocycles. The highest BCUT2D eigenvalue weighted by atomic mass is 32.1. The molecule has 0 spiro atoms. The third kappa shape index (κ3) is 2.91. The van der Waals surface area contributed by atoms with E-state index in [1.165, 1.54) is 5.56 Å². The molecule has 2 aliphatic rings. The molecule has 0 bridgehead atoms. The fourth-order valence-electron chi connectivity index (χ4n) is 3.08. The maximum absolute atomic E-state index is 4.98. The van der Waals surface area contributed by atoms with Crippen LogP contribution in [-0.4, -0.2) is 41.9 Å². The van der Waals surface area contributed by atoms with Crippen molar-refractivity contribution >= 4 is 27.9 Å². The molecule has 2 N–H and O–H groups in total. The van der Waals surface area contributed by atoms with Gasteiger partial charge in [0.25, 0.3) is 0 Å². The molecule has 1 aromatic carbocycles. The summed E-state index contributed by atoms with van der Waals surface area (Å²) in [5, 5.41) is 9.31. The van der Waals surface area contributed by atoms with Gasteiger partial charge in [0.2, 0.25) is 0 Å². The Balaban J connectivity index is 1.81. The molecule has 2 aliphatic heterocycles. The van der Waals surface area contributed by atoms with Gasteiger partial charge in [0.15, 0.2) is 5.84 Å². The second-order valence-electron chi connectivity index (χ2n) is 6.54. The summed E-state index contributed by atoms with van der Waals surface area (Å²) in [6, 6.07) is 8.42. The molecule has 4 rings (SSSR count). The Hall–Kier alpha value is -1.92. The van der Waals surface area contributed by atoms with Gasteiger partial charge in [-0.05, 0) is 11.6 Å². The molecule has 0 radical (unpaired) electrons. The summed E-state index contributed by atoms with van der Waals surface area (Å²) < 4.78 is 0. The monoisotopic (exact) mass is 341 g/mol. The van der Waals surface area contributed by atoms with Crippen LogP contribution in [0.3, 0.4) is 0 Å². The molecule has 5 nitrogen and oxygen atoms in total. The Morgan fingerprint density at radius 2 is 1.96 bits per heavy atom. The molecule has 126 valence electrons. The van der Waals surface area contributed by atoms with Crippen molar-refractivity contribution in [3.8, 4) is 0 Å². The lowest BCUT2D eigenvalue weighted by atomic mass is 10.1. The smallest absolute Gasteiger partial charge is 0.153 e. The Kier molecular flexibility index (Phi) is 4.24. The number of aliphatic imine (C=N–C) groups is 1. The fourth-order valence-corrected chi connectivity index (χ4v) is 4.06. The number of rotatable bonds is 1. The molecule has 1 fully saturated rings. The first-order chi connectivity index (χ1) is 11.7. The van der Waals surface area contributed by atoms with Crippen LogP contribution in [0.1, 0.15) is 36.0 Å². The van der Waals surface area contributed by atoms with E-state index in [1.54, 1.807) is 11.3 Å². The van der Waals surface area contributed by atoms with E-state index in [1.807, 2.05) is 0 Å². The highest BCUT2D eigenvalue weighted by Crippen LogP contribution is 2.35. The third-order valence-corrected chi connectivity index (χ3v) is 5.70. The molecule has 2 aromatic rings. The summed E-state index contributed by atoms with van der Waals surface area (Å²) in [4.78, 5) is 12.3. The average molecular weight is 341 g/mol. The standard InChI is InChI=1S/C18H23N5S/c1-12(2)17-22-15-16(23-9-7-19-8-10-23)20-11-13-5-3-4-6-14(13)21-18(15)24-17/h3-6,12,19,21H,7-11H2,1-2H3. The van der Waals surface area contributed by atoms with E-state index in [9.17, 15) is 0 Å². The number of thiazole rings is 1. The number of para-hydroxylation sites is 1. The predicted molar refractivity (Wildman–Crippen MR) is 101 cm³/mol. The van der Waals surface area contributed by atoms with Gasteiger partial charge in [0.05, 0.1) is 11.6 Å². The molecule has 1 saturated heterocycles. The number of amidine groups is 1. The van der Waals surface area contributed by atoms with Crippen molar-refractivity contribution < 1.29 is 0 Å². The lowest BCUT2D eigenvalue weighted by molar-refractivity contribution is 0.356. The van der Waals surface area contributed by atoms with Crippen LogP contribution in [0, 0.1) is 0 Å². The number of anilines is 2. The third-order valence-electron chi connectivity index (χ3n) is 4.43. The molecule has 0 atom stereocenters. The van der Waals surface area contributed by atoms with Crippen molar-refractivity contribution in [3.63, 3.8) is 0 Å². The maximum atomic E-state index is 4.98. The van der Waals surface area contributed by atoms with Crippen molar-refractivity contribution in [2.24, 2.45) is 4.99 Å². The van der Waals surface area contributed by atoms with Crippen LogP contribution in [0.15, 0.2) is 29.3 Å². The maximum Gasteiger partial charge on any atom is 0.153 e. The molecule has 0 aliphatic carbocycles. The fraction of sp³-hybridized carbons (Fsp3) is 0.444. The van der Waals surface area contributed by atoms with Crippen molar-refractivity contribution in [2.75, 3.05) is 31.5 Å². The van der Waals surface area contributed by atoms with Gasteiger partial charge >= 0.3 is 0 Å². The van der Waals surface area contributed by atoms with Crippen LogP contribution >= 0.6 is 11.3 Å². The molecule has 6 heteroatoms. The largest absolute Gasteiger partial charge is 0.352 e. The molecule has 24 heavy (non-hydrogen) atoms. The zero-order chi connectivity index (χ0) is 16.5. The van der Waals surface area contributed by atoms with Crippen LogP contribution < -0.4 is 10.6 Å². The minimum Gasteiger partial charge on any atom is -0.352 e. The number of piperazine rings is 1. The van der Waals surface area contributed by atoms with E-state index in [4.69, 9.17) is 9.98 Å². The van der Waals surface area contributed by atoms with Gasteiger partial charge in [0, 0.05) is 37.8 Å². The van der Waals surface area contributed by atoms with Crippen molar-refractivity contribution in [1.29, 1.82) is 0 Å². The Morgan fingerprint density at radius 3 is 2.75 bits per heavy atom. The van der Waals surface area contributed by atoms with Gasteiger partial charge in [-0.2, -0.15) is 0 Å². The first-order valence-corrected chi connectivity index (χ1v) is 9.40. The minimum absolute atomic E-state index is 0.421. The van der Waals surface area contributed by atoms with Gasteiger partial charge in [-0.3, -0.25) is 4.99 Å². The minimum atomic E-state index is 0.421. The number of hydrogen-bond acceptors (Lipinski definition) is 6. The van der Waals surface area contributed by atoms with E-state index in [0.29, 0.717) is 12.5 Å². The number of benzene rings is 1. The SMILES string of the molecule is CC(C)c1nc2c(s1)Nc1ccccc1CN=C2N1CCNCC1. The average Bonchev–Trinajstić information content (AvgIpc) is 2.99. The van der Waals surface area contributed by atoms with Gasteiger partial charge in [-0.15, -0.1) is 11.3 Å². The first-order valence-electron chi connectivity index (χ1n) is 8.58. The summed E-state index contributed by atoms with van der Waals surface area (Å²) in [5.74, 6) is 1.46.